The van der Waals surface area contributed by atoms with Crippen molar-refractivity contribution in [3.05, 3.63) is 21.9 Å². The van der Waals surface area contributed by atoms with Gasteiger partial charge in [-0.15, -0.1) is 11.3 Å². The van der Waals surface area contributed by atoms with Crippen LogP contribution in [0.1, 0.15) is 71.1 Å². The highest BCUT2D eigenvalue weighted by Gasteiger charge is 2.27. The Morgan fingerprint density at radius 3 is 2.61 bits per heavy atom. The number of hydrogen-bond acceptors (Lipinski definition) is 6. The second-order valence-corrected chi connectivity index (χ2v) is 11.1. The predicted octanol–water partition coefficient (Wildman–Crippen LogP) is 5.09. The fourth-order valence-corrected chi connectivity index (χ4v) is 5.26. The summed E-state index contributed by atoms with van der Waals surface area (Å²) in [6.45, 7) is 9.86. The summed E-state index contributed by atoms with van der Waals surface area (Å²) >= 11 is 1.58. The average Bonchev–Trinajstić information content (AvgIpc) is 3.10. The summed E-state index contributed by atoms with van der Waals surface area (Å²) in [5.41, 5.74) is 7.19. The largest absolute Gasteiger partial charge is 0.444 e. The maximum Gasteiger partial charge on any atom is 0.407 e. The van der Waals surface area contributed by atoms with E-state index in [1.807, 2.05) is 43.2 Å². The van der Waals surface area contributed by atoms with Crippen LogP contribution in [0.15, 0.2) is 22.0 Å². The van der Waals surface area contributed by atoms with Crippen molar-refractivity contribution in [2.45, 2.75) is 71.8 Å². The zero-order valence-electron chi connectivity index (χ0n) is 20.4. The maximum absolute atomic E-state index is 13.4. The van der Waals surface area contributed by atoms with Gasteiger partial charge in [-0.05, 0) is 82.2 Å². The van der Waals surface area contributed by atoms with Crippen molar-refractivity contribution in [3.63, 3.8) is 0 Å². The molecule has 0 aromatic carbocycles. The summed E-state index contributed by atoms with van der Waals surface area (Å²) in [7, 11) is 0. The Labute approximate surface area is 201 Å². The molecule has 2 aliphatic rings. The summed E-state index contributed by atoms with van der Waals surface area (Å²) in [4.78, 5) is 32.8. The first-order valence-corrected chi connectivity index (χ1v) is 12.9. The number of alkyl carbamates (subject to hydrolysis) is 1. The molecule has 0 spiro atoms. The molecule has 0 unspecified atom stereocenters. The van der Waals surface area contributed by atoms with Crippen LogP contribution in [0.2, 0.25) is 0 Å². The molecule has 33 heavy (non-hydrogen) atoms. The van der Waals surface area contributed by atoms with Crippen molar-refractivity contribution in [2.24, 2.45) is 22.6 Å². The lowest BCUT2D eigenvalue weighted by Gasteiger charge is -2.33. The van der Waals surface area contributed by atoms with Gasteiger partial charge in [-0.25, -0.2) is 9.79 Å². The normalized spacial score (nSPS) is 20.7. The Morgan fingerprint density at radius 2 is 1.94 bits per heavy atom. The van der Waals surface area contributed by atoms with Crippen LogP contribution in [-0.2, 0) is 9.53 Å². The molecule has 8 heteroatoms. The van der Waals surface area contributed by atoms with E-state index in [1.54, 1.807) is 11.3 Å². The van der Waals surface area contributed by atoms with Crippen LogP contribution in [0.4, 0.5) is 10.5 Å². The Hall–Kier alpha value is -2.35. The molecule has 0 saturated heterocycles. The fraction of sp³-hybridized carbons (Fsp3) is 0.640. The van der Waals surface area contributed by atoms with Crippen LogP contribution in [0.3, 0.4) is 0 Å². The first-order chi connectivity index (χ1) is 15.6. The number of thiophene rings is 1. The van der Waals surface area contributed by atoms with E-state index in [-0.39, 0.29) is 12.0 Å². The van der Waals surface area contributed by atoms with Gasteiger partial charge < -0.3 is 20.7 Å². The van der Waals surface area contributed by atoms with E-state index in [1.165, 1.54) is 0 Å². The third-order valence-electron chi connectivity index (χ3n) is 6.05. The summed E-state index contributed by atoms with van der Waals surface area (Å²) < 4.78 is 5.33. The molecule has 1 aliphatic heterocycles. The second-order valence-electron chi connectivity index (χ2n) is 10.1. The quantitative estimate of drug-likeness (QED) is 0.575. The lowest BCUT2D eigenvalue weighted by atomic mass is 9.81. The van der Waals surface area contributed by atoms with Crippen molar-refractivity contribution in [3.8, 4) is 0 Å². The van der Waals surface area contributed by atoms with E-state index in [4.69, 9.17) is 10.5 Å². The Bertz CT molecular complexity index is 892. The average molecular weight is 475 g/mol. The van der Waals surface area contributed by atoms with Gasteiger partial charge in [0.25, 0.3) is 0 Å². The molecule has 3 rings (SSSR count). The Balaban J connectivity index is 1.53. The molecule has 2 heterocycles. The van der Waals surface area contributed by atoms with Crippen molar-refractivity contribution >= 4 is 40.9 Å². The van der Waals surface area contributed by atoms with E-state index in [0.29, 0.717) is 30.6 Å². The Kier molecular flexibility index (Phi) is 8.57. The smallest absolute Gasteiger partial charge is 0.407 e. The van der Waals surface area contributed by atoms with Crippen LogP contribution in [0.25, 0.3) is 6.08 Å². The first-order valence-electron chi connectivity index (χ1n) is 12.0. The van der Waals surface area contributed by atoms with E-state index >= 15 is 0 Å². The van der Waals surface area contributed by atoms with Gasteiger partial charge >= 0.3 is 6.09 Å². The van der Waals surface area contributed by atoms with E-state index in [2.05, 4.69) is 17.2 Å². The highest BCUT2D eigenvalue weighted by Crippen LogP contribution is 2.33. The molecule has 0 atom stereocenters. The van der Waals surface area contributed by atoms with Crippen molar-refractivity contribution in [2.75, 3.05) is 19.6 Å². The number of nitrogens with two attached hydrogens (primary N) is 1. The van der Waals surface area contributed by atoms with Gasteiger partial charge in [-0.2, -0.15) is 0 Å². The maximum atomic E-state index is 13.4. The molecule has 1 fully saturated rings. The molecule has 0 radical (unpaired) electrons. The van der Waals surface area contributed by atoms with E-state index < -0.39 is 5.60 Å². The minimum absolute atomic E-state index is 0.0740. The topological polar surface area (TPSA) is 97.0 Å². The monoisotopic (exact) mass is 474 g/mol. The summed E-state index contributed by atoms with van der Waals surface area (Å²) in [5, 5.41) is 4.88. The zero-order chi connectivity index (χ0) is 24.0. The molecular weight excluding hydrogens is 436 g/mol. The molecule has 3 N–H and O–H groups in total. The number of nitrogens with one attached hydrogen (secondary N) is 1. The van der Waals surface area contributed by atoms with Crippen molar-refractivity contribution in [1.29, 1.82) is 0 Å². The second kappa shape index (κ2) is 11.2. The lowest BCUT2D eigenvalue weighted by molar-refractivity contribution is -0.128. The van der Waals surface area contributed by atoms with Crippen molar-refractivity contribution < 1.29 is 14.3 Å². The fourth-order valence-electron chi connectivity index (χ4n) is 4.47. The SMILES string of the molecule is CCCN(C[C@H]1CC[C@H](CNC(=O)OC(C)(C)C)CC1)C(=O)C1=Cc2sccc2N=C(N)C1. The van der Waals surface area contributed by atoms with Gasteiger partial charge in [0, 0.05) is 31.6 Å². The lowest BCUT2D eigenvalue weighted by Crippen LogP contribution is -2.39. The van der Waals surface area contributed by atoms with Gasteiger partial charge in [0.15, 0.2) is 0 Å². The molecule has 1 aromatic heterocycles. The number of hydrogen-bond donors (Lipinski definition) is 2. The summed E-state index contributed by atoms with van der Waals surface area (Å²) in [5.74, 6) is 1.50. The molecular formula is C25H38N4O3S. The first kappa shape index (κ1) is 25.3. The molecule has 1 aliphatic carbocycles. The minimum atomic E-state index is -0.481. The van der Waals surface area contributed by atoms with Gasteiger partial charge in [0.1, 0.15) is 11.4 Å². The van der Waals surface area contributed by atoms with Gasteiger partial charge in [-0.1, -0.05) is 6.92 Å². The molecule has 1 aromatic rings. The number of nitrogens with zero attached hydrogens (tertiary/aromatic N) is 2. The van der Waals surface area contributed by atoms with Crippen molar-refractivity contribution in [1.82, 2.24) is 10.2 Å². The van der Waals surface area contributed by atoms with Crippen LogP contribution in [0, 0.1) is 11.8 Å². The van der Waals surface area contributed by atoms with Crippen LogP contribution < -0.4 is 11.1 Å². The molecule has 1 saturated carbocycles. The van der Waals surface area contributed by atoms with Crippen LogP contribution in [-0.4, -0.2) is 48.0 Å². The number of amidine groups is 1. The number of carbonyl (C=O) groups is 2. The predicted molar refractivity (Wildman–Crippen MR) is 135 cm³/mol. The Morgan fingerprint density at radius 1 is 1.24 bits per heavy atom. The molecule has 7 nitrogen and oxygen atoms in total. The van der Waals surface area contributed by atoms with E-state index in [0.717, 1.165) is 61.3 Å². The third-order valence-corrected chi connectivity index (χ3v) is 6.90. The third kappa shape index (κ3) is 7.59. The summed E-state index contributed by atoms with van der Waals surface area (Å²) in [6, 6.07) is 1.94. The molecule has 2 amide bonds. The summed E-state index contributed by atoms with van der Waals surface area (Å²) in [6.07, 6.45) is 7.15. The number of ether oxygens (including phenoxy) is 1. The molecule has 182 valence electrons. The number of fused-ring (bicyclic) bond motifs is 1. The van der Waals surface area contributed by atoms with Crippen LogP contribution in [0.5, 0.6) is 0 Å². The number of amides is 2. The molecule has 0 bridgehead atoms. The minimum Gasteiger partial charge on any atom is -0.444 e. The van der Waals surface area contributed by atoms with Crippen LogP contribution >= 0.6 is 11.3 Å². The van der Waals surface area contributed by atoms with Gasteiger partial charge in [-0.3, -0.25) is 4.79 Å². The van der Waals surface area contributed by atoms with Gasteiger partial charge in [0.2, 0.25) is 5.91 Å². The highest BCUT2D eigenvalue weighted by atomic mass is 32.1. The number of rotatable bonds is 7. The number of carbonyl (C=O) groups excluding carboxylic acids is 2. The standard InChI is InChI=1S/C25H38N4O3S/c1-5-11-29(23(30)19-13-21-20(10-12-33-21)28-22(26)14-19)16-18-8-6-17(7-9-18)15-27-24(31)32-25(2,3)4/h10,12-13,17-18H,5-9,11,14-16H2,1-4H3,(H2,26,28)(H,27,31)/t17-,18-. The van der Waals surface area contributed by atoms with Gasteiger partial charge in [0.05, 0.1) is 10.6 Å². The highest BCUT2D eigenvalue weighted by molar-refractivity contribution is 7.11. The zero-order valence-corrected chi connectivity index (χ0v) is 21.2. The number of aliphatic imine (C=N–C) groups is 1. The van der Waals surface area contributed by atoms with E-state index in [9.17, 15) is 9.59 Å².